The molecule has 0 unspecified atom stereocenters. The van der Waals surface area contributed by atoms with Gasteiger partial charge in [0.1, 0.15) is 5.75 Å². The van der Waals surface area contributed by atoms with E-state index in [0.717, 1.165) is 18.4 Å². The molecule has 1 N–H and O–H groups in total. The third-order valence-electron chi connectivity index (χ3n) is 5.01. The van der Waals surface area contributed by atoms with Crippen LogP contribution in [0.2, 0.25) is 5.02 Å². The molecule has 28 heavy (non-hydrogen) atoms. The van der Waals surface area contributed by atoms with Gasteiger partial charge in [0.2, 0.25) is 11.8 Å². The second kappa shape index (κ2) is 9.11. The number of methoxy groups -OCH3 is 1. The number of nitrogens with zero attached hydrogens (tertiary/aromatic N) is 1. The van der Waals surface area contributed by atoms with Crippen molar-refractivity contribution in [3.8, 4) is 5.75 Å². The number of fused-ring (bicyclic) bond motifs is 1. The van der Waals surface area contributed by atoms with Crippen LogP contribution in [0.15, 0.2) is 36.4 Å². The summed E-state index contributed by atoms with van der Waals surface area (Å²) < 4.78 is 5.22. The molecule has 1 aliphatic carbocycles. The first kappa shape index (κ1) is 20.2. The van der Waals surface area contributed by atoms with Crippen LogP contribution in [-0.2, 0) is 28.9 Å². The maximum absolute atomic E-state index is 12.5. The molecule has 2 aromatic rings. The van der Waals surface area contributed by atoms with Crippen LogP contribution in [0.4, 0.5) is 5.69 Å². The zero-order valence-electron chi connectivity index (χ0n) is 16.3. The molecule has 1 aliphatic rings. The number of likely N-dealkylation sites (N-methyl/N-ethyl adjacent to an activating group) is 1. The average molecular weight is 401 g/mol. The molecule has 2 aromatic carbocycles. The van der Waals surface area contributed by atoms with Crippen molar-refractivity contribution in [1.29, 1.82) is 0 Å². The lowest BCUT2D eigenvalue weighted by atomic mass is 9.90. The zero-order chi connectivity index (χ0) is 20.1. The number of aryl methyl sites for hydroxylation is 2. The topological polar surface area (TPSA) is 58.6 Å². The van der Waals surface area contributed by atoms with E-state index in [1.54, 1.807) is 25.2 Å². The lowest BCUT2D eigenvalue weighted by Crippen LogP contribution is -2.35. The largest absolute Gasteiger partial charge is 0.495 e. The van der Waals surface area contributed by atoms with E-state index in [-0.39, 0.29) is 24.8 Å². The average Bonchev–Trinajstić information content (AvgIpc) is 2.68. The summed E-state index contributed by atoms with van der Waals surface area (Å²) in [6, 6.07) is 11.3. The fraction of sp³-hybridized carbons (Fsp3) is 0.364. The van der Waals surface area contributed by atoms with Gasteiger partial charge in [-0.1, -0.05) is 29.8 Å². The highest BCUT2D eigenvalue weighted by Gasteiger charge is 2.16. The lowest BCUT2D eigenvalue weighted by Gasteiger charge is -2.19. The smallest absolute Gasteiger partial charge is 0.244 e. The molecule has 0 fully saturated rings. The first-order valence-corrected chi connectivity index (χ1v) is 9.82. The number of rotatable bonds is 6. The van der Waals surface area contributed by atoms with Gasteiger partial charge in [0.05, 0.1) is 25.8 Å². The summed E-state index contributed by atoms with van der Waals surface area (Å²) in [5, 5.41) is 3.24. The fourth-order valence-electron chi connectivity index (χ4n) is 3.48. The van der Waals surface area contributed by atoms with Gasteiger partial charge in [-0.25, -0.2) is 0 Å². The first-order valence-electron chi connectivity index (χ1n) is 9.44. The molecule has 0 atom stereocenters. The Morgan fingerprint density at radius 2 is 1.86 bits per heavy atom. The highest BCUT2D eigenvalue weighted by molar-refractivity contribution is 6.31. The molecular weight excluding hydrogens is 376 g/mol. The van der Waals surface area contributed by atoms with Gasteiger partial charge in [-0.05, 0) is 60.6 Å². The SMILES string of the molecule is COc1ccc(Cl)cc1NC(=O)CN(C)C(=O)Cc1ccc2c(c1)CCCC2. The Hall–Kier alpha value is -2.53. The third kappa shape index (κ3) is 5.04. The van der Waals surface area contributed by atoms with Crippen LogP contribution >= 0.6 is 11.6 Å². The van der Waals surface area contributed by atoms with Gasteiger partial charge < -0.3 is 15.0 Å². The Bertz CT molecular complexity index is 882. The van der Waals surface area contributed by atoms with Crippen molar-refractivity contribution in [3.05, 3.63) is 58.1 Å². The van der Waals surface area contributed by atoms with Crippen molar-refractivity contribution in [3.63, 3.8) is 0 Å². The molecule has 0 bridgehead atoms. The van der Waals surface area contributed by atoms with Crippen LogP contribution in [0.3, 0.4) is 0 Å². The van der Waals surface area contributed by atoms with Crippen LogP contribution < -0.4 is 10.1 Å². The van der Waals surface area contributed by atoms with Gasteiger partial charge in [-0.15, -0.1) is 0 Å². The minimum absolute atomic E-state index is 0.0422. The number of benzene rings is 2. The number of hydrogen-bond donors (Lipinski definition) is 1. The normalized spacial score (nSPS) is 12.8. The van der Waals surface area contributed by atoms with Crippen LogP contribution in [0.1, 0.15) is 29.5 Å². The molecule has 0 aromatic heterocycles. The number of carbonyl (C=O) groups is 2. The molecule has 5 nitrogen and oxygen atoms in total. The maximum atomic E-state index is 12.5. The van der Waals surface area contributed by atoms with Crippen molar-refractivity contribution in [2.75, 3.05) is 26.0 Å². The highest BCUT2D eigenvalue weighted by atomic mass is 35.5. The number of nitrogens with one attached hydrogen (secondary N) is 1. The molecule has 0 spiro atoms. The first-order chi connectivity index (χ1) is 13.5. The number of hydrogen-bond acceptors (Lipinski definition) is 3. The van der Waals surface area contributed by atoms with Crippen molar-refractivity contribution in [2.45, 2.75) is 32.1 Å². The number of amides is 2. The Morgan fingerprint density at radius 3 is 2.61 bits per heavy atom. The van der Waals surface area contributed by atoms with Crippen LogP contribution in [0, 0.1) is 0 Å². The van der Waals surface area contributed by atoms with Gasteiger partial charge in [0, 0.05) is 12.1 Å². The lowest BCUT2D eigenvalue weighted by molar-refractivity contribution is -0.132. The summed E-state index contributed by atoms with van der Waals surface area (Å²) in [4.78, 5) is 26.3. The Morgan fingerprint density at radius 1 is 1.11 bits per heavy atom. The van der Waals surface area contributed by atoms with E-state index in [0.29, 0.717) is 16.5 Å². The van der Waals surface area contributed by atoms with Gasteiger partial charge in [0.15, 0.2) is 0 Å². The summed E-state index contributed by atoms with van der Waals surface area (Å²) in [5.74, 6) is 0.117. The molecule has 3 rings (SSSR count). The number of anilines is 1. The van der Waals surface area contributed by atoms with Gasteiger partial charge in [-0.2, -0.15) is 0 Å². The minimum Gasteiger partial charge on any atom is -0.495 e. The summed E-state index contributed by atoms with van der Waals surface area (Å²) in [5.41, 5.74) is 4.22. The summed E-state index contributed by atoms with van der Waals surface area (Å²) in [6.45, 7) is -0.0422. The van der Waals surface area contributed by atoms with Crippen molar-refractivity contribution >= 4 is 29.1 Å². The van der Waals surface area contributed by atoms with Crippen LogP contribution in [-0.4, -0.2) is 37.4 Å². The molecule has 2 amide bonds. The fourth-order valence-corrected chi connectivity index (χ4v) is 3.65. The van der Waals surface area contributed by atoms with E-state index in [1.807, 2.05) is 6.07 Å². The maximum Gasteiger partial charge on any atom is 0.244 e. The van der Waals surface area contributed by atoms with E-state index < -0.39 is 0 Å². The molecule has 0 saturated carbocycles. The molecule has 148 valence electrons. The van der Waals surface area contributed by atoms with Crippen molar-refractivity contribution in [2.24, 2.45) is 0 Å². The van der Waals surface area contributed by atoms with Crippen molar-refractivity contribution in [1.82, 2.24) is 4.90 Å². The third-order valence-corrected chi connectivity index (χ3v) is 5.25. The summed E-state index contributed by atoms with van der Waals surface area (Å²) in [7, 11) is 3.16. The number of halogens is 1. The van der Waals surface area contributed by atoms with Gasteiger partial charge in [-0.3, -0.25) is 9.59 Å². The van der Waals surface area contributed by atoms with Gasteiger partial charge in [0.25, 0.3) is 0 Å². The predicted octanol–water partition coefficient (Wildman–Crippen LogP) is 3.87. The van der Waals surface area contributed by atoms with Crippen LogP contribution in [0.25, 0.3) is 0 Å². The molecule has 0 heterocycles. The zero-order valence-corrected chi connectivity index (χ0v) is 17.0. The van der Waals surface area contributed by atoms with E-state index in [2.05, 4.69) is 17.4 Å². The number of ether oxygens (including phenoxy) is 1. The quantitative estimate of drug-likeness (QED) is 0.800. The summed E-state index contributed by atoms with van der Waals surface area (Å²) >= 11 is 5.98. The van der Waals surface area contributed by atoms with Crippen LogP contribution in [0.5, 0.6) is 5.75 Å². The Labute approximate surface area is 170 Å². The minimum atomic E-state index is -0.304. The number of carbonyl (C=O) groups excluding carboxylic acids is 2. The Kier molecular flexibility index (Phi) is 6.57. The molecular formula is C22H25ClN2O3. The van der Waals surface area contributed by atoms with E-state index in [1.165, 1.54) is 36.0 Å². The molecule has 0 radical (unpaired) electrons. The van der Waals surface area contributed by atoms with Crippen molar-refractivity contribution < 1.29 is 14.3 Å². The predicted molar refractivity (Wildman–Crippen MR) is 111 cm³/mol. The second-order valence-electron chi connectivity index (χ2n) is 7.13. The highest BCUT2D eigenvalue weighted by Crippen LogP contribution is 2.27. The van der Waals surface area contributed by atoms with E-state index in [9.17, 15) is 9.59 Å². The summed E-state index contributed by atoms with van der Waals surface area (Å²) in [6.07, 6.45) is 4.93. The van der Waals surface area contributed by atoms with E-state index in [4.69, 9.17) is 16.3 Å². The molecule has 6 heteroatoms. The van der Waals surface area contributed by atoms with E-state index >= 15 is 0 Å². The standard InChI is InChI=1S/C22H25ClN2O3/c1-25(14-21(26)24-19-13-18(23)9-10-20(19)28-2)22(27)12-15-7-8-16-5-3-4-6-17(16)11-15/h7-11,13H,3-6,12,14H2,1-2H3,(H,24,26). The monoisotopic (exact) mass is 400 g/mol. The molecule has 0 aliphatic heterocycles. The second-order valence-corrected chi connectivity index (χ2v) is 7.57. The Balaban J connectivity index is 1.58. The van der Waals surface area contributed by atoms with Gasteiger partial charge >= 0.3 is 0 Å². The molecule has 0 saturated heterocycles.